The molecule has 0 radical (unpaired) electrons. The van der Waals surface area contributed by atoms with Crippen LogP contribution in [-0.4, -0.2) is 45.7 Å². The van der Waals surface area contributed by atoms with E-state index in [-0.39, 0.29) is 23.8 Å². The van der Waals surface area contributed by atoms with Crippen molar-refractivity contribution in [2.45, 2.75) is 96.6 Å². The molecule has 1 amide bonds. The number of carboxylic acid groups (broad SMARTS) is 1. The van der Waals surface area contributed by atoms with Crippen LogP contribution in [0.15, 0.2) is 12.2 Å². The van der Waals surface area contributed by atoms with Crippen molar-refractivity contribution in [1.29, 1.82) is 0 Å². The van der Waals surface area contributed by atoms with Gasteiger partial charge in [0.1, 0.15) is 0 Å². The van der Waals surface area contributed by atoms with Crippen LogP contribution in [0.5, 0.6) is 0 Å². The van der Waals surface area contributed by atoms with Crippen LogP contribution < -0.4 is 0 Å². The van der Waals surface area contributed by atoms with Gasteiger partial charge in [0.05, 0.1) is 12.1 Å². The van der Waals surface area contributed by atoms with Crippen LogP contribution in [0.3, 0.4) is 0 Å². The number of carbonyl (C=O) groups is 2. The van der Waals surface area contributed by atoms with E-state index in [1.807, 2.05) is 30.9 Å². The number of amides is 1. The van der Waals surface area contributed by atoms with E-state index in [1.54, 1.807) is 0 Å². The van der Waals surface area contributed by atoms with E-state index in [9.17, 15) is 14.7 Å². The zero-order valence-electron chi connectivity index (χ0n) is 17.0. The van der Waals surface area contributed by atoms with Gasteiger partial charge in [0.25, 0.3) is 0 Å². The molecule has 0 bridgehead atoms. The first-order valence-corrected chi connectivity index (χ1v) is 10.7. The molecule has 0 aromatic rings. The normalized spacial score (nSPS) is 23.7. The molecule has 2 fully saturated rings. The van der Waals surface area contributed by atoms with Gasteiger partial charge in [-0.25, -0.2) is 0 Å². The fraction of sp³-hybridized carbons (Fsp3) is 0.818. The lowest BCUT2D eigenvalue weighted by molar-refractivity contribution is -0.137. The Morgan fingerprint density at radius 1 is 1.26 bits per heavy atom. The second-order valence-electron chi connectivity index (χ2n) is 9.04. The Morgan fingerprint density at radius 3 is 2.59 bits per heavy atom. The maximum atomic E-state index is 12.7. The van der Waals surface area contributed by atoms with Crippen LogP contribution in [0.4, 0.5) is 0 Å². The van der Waals surface area contributed by atoms with E-state index in [4.69, 9.17) is 5.11 Å². The third-order valence-corrected chi connectivity index (χ3v) is 6.15. The number of carbonyl (C=O) groups excluding carboxylic acids is 1. The molecule has 0 unspecified atom stereocenters. The zero-order chi connectivity index (χ0) is 19.9. The van der Waals surface area contributed by atoms with Gasteiger partial charge in [0.15, 0.2) is 0 Å². The van der Waals surface area contributed by atoms with Crippen molar-refractivity contribution < 1.29 is 19.8 Å². The van der Waals surface area contributed by atoms with Gasteiger partial charge in [0, 0.05) is 18.4 Å². The molecule has 2 N–H and O–H groups in total. The number of carboxylic acids is 1. The Balaban J connectivity index is 1.77. The summed E-state index contributed by atoms with van der Waals surface area (Å²) in [5.74, 6) is 0.247. The van der Waals surface area contributed by atoms with Crippen molar-refractivity contribution in [3.05, 3.63) is 12.2 Å². The molecule has 154 valence electrons. The highest BCUT2D eigenvalue weighted by Gasteiger charge is 2.43. The van der Waals surface area contributed by atoms with Gasteiger partial charge in [-0.05, 0) is 38.0 Å². The molecule has 1 saturated carbocycles. The van der Waals surface area contributed by atoms with Crippen molar-refractivity contribution in [3.8, 4) is 0 Å². The van der Waals surface area contributed by atoms with Crippen molar-refractivity contribution in [2.24, 2.45) is 11.3 Å². The molecule has 2 rings (SSSR count). The second kappa shape index (κ2) is 10.3. The highest BCUT2D eigenvalue weighted by Crippen LogP contribution is 2.36. The van der Waals surface area contributed by atoms with Crippen LogP contribution in [0.2, 0.25) is 0 Å². The first-order chi connectivity index (χ1) is 12.8. The van der Waals surface area contributed by atoms with Gasteiger partial charge in [-0.3, -0.25) is 9.59 Å². The fourth-order valence-corrected chi connectivity index (χ4v) is 4.15. The Hall–Kier alpha value is -1.36. The van der Waals surface area contributed by atoms with Crippen molar-refractivity contribution in [3.63, 3.8) is 0 Å². The molecule has 0 spiro atoms. The standard InChI is InChI=1S/C22H37NO4/c1-22(2)16-18(12-14-19(24)13-11-17-8-7-9-17)23(21(22)27)15-6-4-3-5-10-20(25)26/h12,14,17-19,24H,3-11,13,15-16H2,1-2H3,(H,25,26)/t18-,19-/m0/s1. The van der Waals surface area contributed by atoms with E-state index in [2.05, 4.69) is 0 Å². The summed E-state index contributed by atoms with van der Waals surface area (Å²) in [6.45, 7) is 4.70. The number of aliphatic hydroxyl groups excluding tert-OH is 1. The van der Waals surface area contributed by atoms with Crippen LogP contribution in [-0.2, 0) is 9.59 Å². The molecule has 27 heavy (non-hydrogen) atoms. The van der Waals surface area contributed by atoms with Gasteiger partial charge < -0.3 is 15.1 Å². The summed E-state index contributed by atoms with van der Waals surface area (Å²) in [4.78, 5) is 25.2. The van der Waals surface area contributed by atoms with Gasteiger partial charge in [-0.2, -0.15) is 0 Å². The smallest absolute Gasteiger partial charge is 0.303 e. The lowest BCUT2D eigenvalue weighted by Crippen LogP contribution is -2.35. The van der Waals surface area contributed by atoms with Gasteiger partial charge in [0.2, 0.25) is 5.91 Å². The molecule has 2 atom stereocenters. The lowest BCUT2D eigenvalue weighted by Gasteiger charge is -2.26. The average Bonchev–Trinajstić information content (AvgIpc) is 2.77. The number of nitrogens with zero attached hydrogens (tertiary/aromatic N) is 1. The molecule has 1 heterocycles. The van der Waals surface area contributed by atoms with E-state index < -0.39 is 12.1 Å². The van der Waals surface area contributed by atoms with Crippen LogP contribution in [0.1, 0.15) is 84.5 Å². The van der Waals surface area contributed by atoms with Crippen LogP contribution in [0, 0.1) is 11.3 Å². The quantitative estimate of drug-likeness (QED) is 0.394. The summed E-state index contributed by atoms with van der Waals surface area (Å²) in [7, 11) is 0. The summed E-state index contributed by atoms with van der Waals surface area (Å²) in [6.07, 6.45) is 13.8. The summed E-state index contributed by atoms with van der Waals surface area (Å²) in [5.41, 5.74) is -0.352. The van der Waals surface area contributed by atoms with Crippen molar-refractivity contribution in [1.82, 2.24) is 4.90 Å². The Kier molecular flexibility index (Phi) is 8.33. The predicted octanol–water partition coefficient (Wildman–Crippen LogP) is 4.15. The molecular formula is C22H37NO4. The molecule has 1 aliphatic carbocycles. The van der Waals surface area contributed by atoms with E-state index in [0.717, 1.165) is 44.4 Å². The Labute approximate surface area is 163 Å². The molecule has 1 aliphatic heterocycles. The second-order valence-corrected chi connectivity index (χ2v) is 9.04. The third-order valence-electron chi connectivity index (χ3n) is 6.15. The molecule has 5 nitrogen and oxygen atoms in total. The summed E-state index contributed by atoms with van der Waals surface area (Å²) >= 11 is 0. The number of likely N-dealkylation sites (tertiary alicyclic amines) is 1. The largest absolute Gasteiger partial charge is 0.481 e. The fourth-order valence-electron chi connectivity index (χ4n) is 4.15. The zero-order valence-corrected chi connectivity index (χ0v) is 17.0. The van der Waals surface area contributed by atoms with Crippen LogP contribution in [0.25, 0.3) is 0 Å². The number of aliphatic hydroxyl groups is 1. The number of hydrogen-bond donors (Lipinski definition) is 2. The number of aliphatic carboxylic acids is 1. The molecule has 0 aromatic heterocycles. The number of rotatable bonds is 12. The van der Waals surface area contributed by atoms with E-state index in [0.29, 0.717) is 13.0 Å². The van der Waals surface area contributed by atoms with E-state index >= 15 is 0 Å². The maximum absolute atomic E-state index is 12.7. The number of unbranched alkanes of at least 4 members (excludes halogenated alkanes) is 3. The minimum Gasteiger partial charge on any atom is -0.481 e. The summed E-state index contributed by atoms with van der Waals surface area (Å²) in [5, 5.41) is 18.9. The van der Waals surface area contributed by atoms with Gasteiger partial charge in [-0.15, -0.1) is 0 Å². The van der Waals surface area contributed by atoms with Crippen LogP contribution >= 0.6 is 0 Å². The first kappa shape index (κ1) is 21.9. The lowest BCUT2D eigenvalue weighted by atomic mass is 9.81. The SMILES string of the molecule is CC1(C)C[C@H](C=C[C@@H](O)CCC2CCC2)N(CCCCCCC(=O)O)C1=O. The van der Waals surface area contributed by atoms with Gasteiger partial charge >= 0.3 is 5.97 Å². The highest BCUT2D eigenvalue weighted by atomic mass is 16.4. The minimum absolute atomic E-state index is 0.0601. The van der Waals surface area contributed by atoms with Gasteiger partial charge in [-0.1, -0.05) is 58.1 Å². The molecule has 0 aromatic carbocycles. The Bertz CT molecular complexity index is 524. The third kappa shape index (κ3) is 6.95. The monoisotopic (exact) mass is 379 g/mol. The summed E-state index contributed by atoms with van der Waals surface area (Å²) < 4.78 is 0. The predicted molar refractivity (Wildman–Crippen MR) is 106 cm³/mol. The highest BCUT2D eigenvalue weighted by molar-refractivity contribution is 5.85. The van der Waals surface area contributed by atoms with Crippen molar-refractivity contribution in [2.75, 3.05) is 6.54 Å². The molecule has 1 saturated heterocycles. The number of hydrogen-bond acceptors (Lipinski definition) is 3. The summed E-state index contributed by atoms with van der Waals surface area (Å²) in [6, 6.07) is 0.0601. The average molecular weight is 380 g/mol. The molecule has 5 heteroatoms. The molecule has 2 aliphatic rings. The Morgan fingerprint density at radius 2 is 1.96 bits per heavy atom. The van der Waals surface area contributed by atoms with Crippen molar-refractivity contribution >= 4 is 11.9 Å². The first-order valence-electron chi connectivity index (χ1n) is 10.7. The molecular weight excluding hydrogens is 342 g/mol. The maximum Gasteiger partial charge on any atom is 0.303 e. The minimum atomic E-state index is -0.743. The topological polar surface area (TPSA) is 77.8 Å². The van der Waals surface area contributed by atoms with E-state index in [1.165, 1.54) is 19.3 Å².